The van der Waals surface area contributed by atoms with Crippen LogP contribution in [0.25, 0.3) is 0 Å². The van der Waals surface area contributed by atoms with Crippen LogP contribution in [0.1, 0.15) is 31.6 Å². The van der Waals surface area contributed by atoms with E-state index in [0.717, 1.165) is 18.8 Å². The van der Waals surface area contributed by atoms with Crippen molar-refractivity contribution >= 4 is 5.91 Å². The molecule has 1 unspecified atom stereocenters. The van der Waals surface area contributed by atoms with E-state index in [1.165, 1.54) is 0 Å². The molecule has 5 nitrogen and oxygen atoms in total. The van der Waals surface area contributed by atoms with E-state index in [2.05, 4.69) is 10.3 Å². The predicted octanol–water partition coefficient (Wildman–Crippen LogP) is 0.336. The smallest absolute Gasteiger partial charge is 0.217 e. The van der Waals surface area contributed by atoms with Gasteiger partial charge >= 0.3 is 0 Å². The first-order valence-electron chi connectivity index (χ1n) is 5.10. The fourth-order valence-electron chi connectivity index (χ4n) is 1.47. The maximum absolute atomic E-state index is 10.5. The molecule has 0 aliphatic rings. The average Bonchev–Trinajstić information content (AvgIpc) is 2.58. The van der Waals surface area contributed by atoms with Gasteiger partial charge < -0.3 is 15.6 Å². The van der Waals surface area contributed by atoms with Gasteiger partial charge in [0, 0.05) is 25.9 Å². The number of aryl methyl sites for hydroxylation is 1. The zero-order chi connectivity index (χ0) is 11.3. The molecule has 0 bridgehead atoms. The minimum Gasteiger partial charge on any atom is -0.370 e. The van der Waals surface area contributed by atoms with E-state index in [0.29, 0.717) is 6.42 Å². The Morgan fingerprint density at radius 1 is 1.73 bits per heavy atom. The van der Waals surface area contributed by atoms with Gasteiger partial charge in [0.1, 0.15) is 5.82 Å². The number of primary amides is 1. The lowest BCUT2D eigenvalue weighted by molar-refractivity contribution is -0.118. The number of nitrogens with zero attached hydrogens (tertiary/aromatic N) is 2. The molecule has 1 rings (SSSR count). The Balaban J connectivity index is 2.28. The minimum absolute atomic E-state index is 0.192. The third-order valence-corrected chi connectivity index (χ3v) is 2.30. The summed E-state index contributed by atoms with van der Waals surface area (Å²) in [5.41, 5.74) is 5.04. The summed E-state index contributed by atoms with van der Waals surface area (Å²) in [7, 11) is 1.96. The Morgan fingerprint density at radius 3 is 3.00 bits per heavy atom. The average molecular weight is 210 g/mol. The molecule has 0 fully saturated rings. The van der Waals surface area contributed by atoms with Crippen molar-refractivity contribution in [2.45, 2.75) is 25.8 Å². The quantitative estimate of drug-likeness (QED) is 0.665. The Hall–Kier alpha value is -1.36. The van der Waals surface area contributed by atoms with Crippen molar-refractivity contribution in [3.8, 4) is 0 Å². The van der Waals surface area contributed by atoms with Crippen LogP contribution < -0.4 is 11.1 Å². The summed E-state index contributed by atoms with van der Waals surface area (Å²) in [6, 6.07) is 0.192. The van der Waals surface area contributed by atoms with Gasteiger partial charge in [-0.25, -0.2) is 4.98 Å². The zero-order valence-corrected chi connectivity index (χ0v) is 9.23. The summed E-state index contributed by atoms with van der Waals surface area (Å²) in [6.45, 7) is 2.82. The number of nitrogens with two attached hydrogens (primary N) is 1. The highest BCUT2D eigenvalue weighted by Crippen LogP contribution is 2.07. The van der Waals surface area contributed by atoms with Gasteiger partial charge in [-0.3, -0.25) is 4.79 Å². The van der Waals surface area contributed by atoms with Crippen LogP contribution in [-0.4, -0.2) is 22.0 Å². The first kappa shape index (κ1) is 11.7. The van der Waals surface area contributed by atoms with E-state index < -0.39 is 0 Å². The second-order valence-electron chi connectivity index (χ2n) is 3.64. The van der Waals surface area contributed by atoms with Crippen LogP contribution >= 0.6 is 0 Å². The lowest BCUT2D eigenvalue weighted by atomic mass is 10.2. The molecular weight excluding hydrogens is 192 g/mol. The van der Waals surface area contributed by atoms with E-state index in [-0.39, 0.29) is 11.9 Å². The van der Waals surface area contributed by atoms with Gasteiger partial charge in [0.05, 0.1) is 6.04 Å². The minimum atomic E-state index is -0.249. The SMILES string of the molecule is CC(NCCCC(N)=O)c1nccn1C. The summed E-state index contributed by atoms with van der Waals surface area (Å²) < 4.78 is 1.98. The van der Waals surface area contributed by atoms with Crippen LogP contribution in [0.5, 0.6) is 0 Å². The van der Waals surface area contributed by atoms with Crippen molar-refractivity contribution in [3.63, 3.8) is 0 Å². The van der Waals surface area contributed by atoms with Crippen LogP contribution in [0.15, 0.2) is 12.4 Å². The number of nitrogens with one attached hydrogen (secondary N) is 1. The van der Waals surface area contributed by atoms with Crippen LogP contribution in [0.4, 0.5) is 0 Å². The van der Waals surface area contributed by atoms with Gasteiger partial charge in [0.2, 0.25) is 5.91 Å². The number of aromatic nitrogens is 2. The Kier molecular flexibility index (Phi) is 4.30. The summed E-state index contributed by atoms with van der Waals surface area (Å²) in [4.78, 5) is 14.7. The van der Waals surface area contributed by atoms with Gasteiger partial charge in [-0.05, 0) is 19.9 Å². The lowest BCUT2D eigenvalue weighted by Crippen LogP contribution is -2.23. The molecule has 0 saturated heterocycles. The highest BCUT2D eigenvalue weighted by Gasteiger charge is 2.08. The van der Waals surface area contributed by atoms with Crippen molar-refractivity contribution in [2.75, 3.05) is 6.54 Å². The number of imidazole rings is 1. The molecule has 0 aromatic carbocycles. The van der Waals surface area contributed by atoms with Crippen molar-refractivity contribution in [1.29, 1.82) is 0 Å². The Bertz CT molecular complexity index is 321. The van der Waals surface area contributed by atoms with Crippen LogP contribution in [0, 0.1) is 0 Å². The van der Waals surface area contributed by atoms with Gasteiger partial charge in [0.15, 0.2) is 0 Å². The van der Waals surface area contributed by atoms with Crippen molar-refractivity contribution in [3.05, 3.63) is 18.2 Å². The van der Waals surface area contributed by atoms with Crippen LogP contribution in [0.2, 0.25) is 0 Å². The number of hydrogen-bond acceptors (Lipinski definition) is 3. The van der Waals surface area contributed by atoms with E-state index >= 15 is 0 Å². The first-order valence-corrected chi connectivity index (χ1v) is 5.10. The molecular formula is C10H18N4O. The molecule has 5 heteroatoms. The topological polar surface area (TPSA) is 72.9 Å². The molecule has 0 aliphatic carbocycles. The molecule has 1 aromatic heterocycles. The largest absolute Gasteiger partial charge is 0.370 e. The summed E-state index contributed by atoms with van der Waals surface area (Å²) in [5, 5.41) is 3.29. The molecule has 1 aromatic rings. The second kappa shape index (κ2) is 5.50. The van der Waals surface area contributed by atoms with Crippen LogP contribution in [0.3, 0.4) is 0 Å². The van der Waals surface area contributed by atoms with Crippen molar-refractivity contribution in [1.82, 2.24) is 14.9 Å². The molecule has 15 heavy (non-hydrogen) atoms. The Labute approximate surface area is 89.7 Å². The normalized spacial score (nSPS) is 12.7. The van der Waals surface area contributed by atoms with Gasteiger partial charge in [0.25, 0.3) is 0 Å². The number of carbonyl (C=O) groups excluding carboxylic acids is 1. The van der Waals surface area contributed by atoms with Crippen molar-refractivity contribution in [2.24, 2.45) is 12.8 Å². The number of carbonyl (C=O) groups is 1. The van der Waals surface area contributed by atoms with E-state index in [4.69, 9.17) is 5.73 Å². The van der Waals surface area contributed by atoms with E-state index in [1.54, 1.807) is 6.20 Å². The molecule has 0 saturated carbocycles. The zero-order valence-electron chi connectivity index (χ0n) is 9.23. The molecule has 0 aliphatic heterocycles. The van der Waals surface area contributed by atoms with Crippen molar-refractivity contribution < 1.29 is 4.79 Å². The van der Waals surface area contributed by atoms with E-state index in [1.807, 2.05) is 24.7 Å². The molecule has 1 amide bonds. The third kappa shape index (κ3) is 3.71. The molecule has 3 N–H and O–H groups in total. The summed E-state index contributed by atoms with van der Waals surface area (Å²) in [5.74, 6) is 0.746. The molecule has 1 atom stereocenters. The highest BCUT2D eigenvalue weighted by molar-refractivity contribution is 5.73. The fourth-order valence-corrected chi connectivity index (χ4v) is 1.47. The van der Waals surface area contributed by atoms with E-state index in [9.17, 15) is 4.79 Å². The monoisotopic (exact) mass is 210 g/mol. The highest BCUT2D eigenvalue weighted by atomic mass is 16.1. The predicted molar refractivity (Wildman–Crippen MR) is 58.1 cm³/mol. The fraction of sp³-hybridized carbons (Fsp3) is 0.600. The number of hydrogen-bond donors (Lipinski definition) is 2. The lowest BCUT2D eigenvalue weighted by Gasteiger charge is -2.13. The molecule has 0 spiro atoms. The standard InChI is InChI=1S/C10H18N4O/c1-8(10-13-6-7-14(10)2)12-5-3-4-9(11)15/h6-8,12H,3-5H2,1-2H3,(H2,11,15). The van der Waals surface area contributed by atoms with Gasteiger partial charge in [-0.2, -0.15) is 0 Å². The third-order valence-electron chi connectivity index (χ3n) is 2.30. The summed E-state index contributed by atoms with van der Waals surface area (Å²) in [6.07, 6.45) is 4.89. The van der Waals surface area contributed by atoms with Crippen LogP contribution in [-0.2, 0) is 11.8 Å². The first-order chi connectivity index (χ1) is 7.11. The maximum atomic E-state index is 10.5. The molecule has 1 heterocycles. The summed E-state index contributed by atoms with van der Waals surface area (Å²) >= 11 is 0. The van der Waals surface area contributed by atoms with Gasteiger partial charge in [-0.1, -0.05) is 0 Å². The maximum Gasteiger partial charge on any atom is 0.217 e. The second-order valence-corrected chi connectivity index (χ2v) is 3.64. The molecule has 0 radical (unpaired) electrons. The Morgan fingerprint density at radius 2 is 2.47 bits per heavy atom. The number of rotatable bonds is 6. The molecule has 84 valence electrons. The van der Waals surface area contributed by atoms with Gasteiger partial charge in [-0.15, -0.1) is 0 Å². The number of amides is 1.